The van der Waals surface area contributed by atoms with Crippen LogP contribution in [0.5, 0.6) is 0 Å². The van der Waals surface area contributed by atoms with Crippen LogP contribution in [0.2, 0.25) is 0 Å². The van der Waals surface area contributed by atoms with E-state index in [9.17, 15) is 4.39 Å². The first-order chi connectivity index (χ1) is 6.29. The fourth-order valence-corrected chi connectivity index (χ4v) is 1.47. The fourth-order valence-electron chi connectivity index (χ4n) is 1.29. The van der Waals surface area contributed by atoms with Gasteiger partial charge in [0.1, 0.15) is 17.2 Å². The molecule has 0 radical (unpaired) electrons. The molecule has 0 bridgehead atoms. The summed E-state index contributed by atoms with van der Waals surface area (Å²) in [5, 5.41) is 0.792. The maximum Gasteiger partial charge on any atom is 0.134 e. The lowest BCUT2D eigenvalue weighted by atomic mass is 10.2. The van der Waals surface area contributed by atoms with Crippen molar-refractivity contribution in [3.63, 3.8) is 0 Å². The molecule has 68 valence electrons. The van der Waals surface area contributed by atoms with Gasteiger partial charge in [0.15, 0.2) is 0 Å². The molecule has 0 spiro atoms. The van der Waals surface area contributed by atoms with Crippen molar-refractivity contribution in [3.8, 4) is 0 Å². The summed E-state index contributed by atoms with van der Waals surface area (Å²) in [5.41, 5.74) is 0.710. The van der Waals surface area contributed by atoms with Gasteiger partial charge < -0.3 is 4.42 Å². The maximum atomic E-state index is 12.8. The van der Waals surface area contributed by atoms with E-state index in [4.69, 9.17) is 16.0 Å². The van der Waals surface area contributed by atoms with Gasteiger partial charge in [-0.15, -0.1) is 11.6 Å². The summed E-state index contributed by atoms with van der Waals surface area (Å²) in [6.45, 7) is 0. The number of furan rings is 1. The van der Waals surface area contributed by atoms with Gasteiger partial charge in [-0.1, -0.05) is 0 Å². The Balaban J connectivity index is 2.49. The molecule has 3 heteroatoms. The molecule has 13 heavy (non-hydrogen) atoms. The Hall–Kier alpha value is -1.02. The number of benzene rings is 1. The molecule has 1 nitrogen and oxygen atoms in total. The SMILES string of the molecule is Fc1ccc2oc(CCCl)cc2c1. The Morgan fingerprint density at radius 1 is 1.31 bits per heavy atom. The number of hydrogen-bond donors (Lipinski definition) is 0. The summed E-state index contributed by atoms with van der Waals surface area (Å²) in [4.78, 5) is 0. The van der Waals surface area contributed by atoms with Crippen molar-refractivity contribution in [1.29, 1.82) is 0 Å². The van der Waals surface area contributed by atoms with E-state index in [-0.39, 0.29) is 5.82 Å². The maximum absolute atomic E-state index is 12.8. The van der Waals surface area contributed by atoms with E-state index in [2.05, 4.69) is 0 Å². The van der Waals surface area contributed by atoms with Crippen molar-refractivity contribution in [2.24, 2.45) is 0 Å². The highest BCUT2D eigenvalue weighted by atomic mass is 35.5. The van der Waals surface area contributed by atoms with Gasteiger partial charge in [-0.25, -0.2) is 4.39 Å². The Morgan fingerprint density at radius 3 is 2.92 bits per heavy atom. The predicted molar refractivity (Wildman–Crippen MR) is 50.6 cm³/mol. The number of hydrogen-bond acceptors (Lipinski definition) is 1. The second-order valence-corrected chi connectivity index (χ2v) is 3.21. The summed E-state index contributed by atoms with van der Waals surface area (Å²) in [7, 11) is 0. The van der Waals surface area contributed by atoms with E-state index in [1.54, 1.807) is 6.07 Å². The van der Waals surface area contributed by atoms with Crippen LogP contribution in [-0.4, -0.2) is 5.88 Å². The Labute approximate surface area is 80.1 Å². The first kappa shape index (κ1) is 8.57. The highest BCUT2D eigenvalue weighted by molar-refractivity contribution is 6.17. The monoisotopic (exact) mass is 198 g/mol. The van der Waals surface area contributed by atoms with Crippen LogP contribution in [0.1, 0.15) is 5.76 Å². The molecule has 0 aliphatic carbocycles. The molecule has 2 aromatic rings. The summed E-state index contributed by atoms with van der Waals surface area (Å²) in [6, 6.07) is 6.29. The standard InChI is InChI=1S/C10H8ClFO/c11-4-3-9-6-7-5-8(12)1-2-10(7)13-9/h1-2,5-6H,3-4H2. The van der Waals surface area contributed by atoms with Crippen LogP contribution in [0.3, 0.4) is 0 Å². The lowest BCUT2D eigenvalue weighted by molar-refractivity contribution is 0.557. The van der Waals surface area contributed by atoms with E-state index in [0.717, 1.165) is 11.1 Å². The molecule has 0 aliphatic heterocycles. The van der Waals surface area contributed by atoms with E-state index < -0.39 is 0 Å². The van der Waals surface area contributed by atoms with Gasteiger partial charge in [-0.2, -0.15) is 0 Å². The van der Waals surface area contributed by atoms with E-state index in [0.29, 0.717) is 17.9 Å². The van der Waals surface area contributed by atoms with Gasteiger partial charge in [0, 0.05) is 17.7 Å². The van der Waals surface area contributed by atoms with Gasteiger partial charge in [0.25, 0.3) is 0 Å². The van der Waals surface area contributed by atoms with Gasteiger partial charge in [0.05, 0.1) is 0 Å². The zero-order valence-electron chi connectivity index (χ0n) is 6.89. The molecule has 0 amide bonds. The third kappa shape index (κ3) is 1.68. The van der Waals surface area contributed by atoms with Crippen LogP contribution in [0.4, 0.5) is 4.39 Å². The minimum atomic E-state index is -0.245. The molecule has 0 N–H and O–H groups in total. The molecule has 1 aromatic heterocycles. The van der Waals surface area contributed by atoms with Crippen molar-refractivity contribution in [1.82, 2.24) is 0 Å². The van der Waals surface area contributed by atoms with Crippen molar-refractivity contribution >= 4 is 22.6 Å². The largest absolute Gasteiger partial charge is 0.461 e. The van der Waals surface area contributed by atoms with Gasteiger partial charge in [-0.05, 0) is 24.3 Å². The molecule has 1 heterocycles. The first-order valence-corrected chi connectivity index (χ1v) is 4.57. The zero-order valence-corrected chi connectivity index (χ0v) is 7.64. The molecule has 0 atom stereocenters. The highest BCUT2D eigenvalue weighted by Gasteiger charge is 2.03. The lowest BCUT2D eigenvalue weighted by Crippen LogP contribution is -1.79. The predicted octanol–water partition coefficient (Wildman–Crippen LogP) is 3.35. The number of halogens is 2. The smallest absolute Gasteiger partial charge is 0.134 e. The van der Waals surface area contributed by atoms with E-state index in [1.807, 2.05) is 6.07 Å². The number of aryl methyl sites for hydroxylation is 1. The minimum Gasteiger partial charge on any atom is -0.461 e. The Bertz CT molecular complexity index is 422. The summed E-state index contributed by atoms with van der Waals surface area (Å²) in [6.07, 6.45) is 0.678. The zero-order chi connectivity index (χ0) is 9.26. The van der Waals surface area contributed by atoms with Crippen LogP contribution < -0.4 is 0 Å². The normalized spacial score (nSPS) is 10.9. The molecule has 2 rings (SSSR count). The minimum absolute atomic E-state index is 0.245. The third-order valence-electron chi connectivity index (χ3n) is 1.87. The van der Waals surface area contributed by atoms with Crippen LogP contribution >= 0.6 is 11.6 Å². The number of rotatable bonds is 2. The van der Waals surface area contributed by atoms with E-state index in [1.165, 1.54) is 12.1 Å². The average Bonchev–Trinajstić information content (AvgIpc) is 2.46. The quantitative estimate of drug-likeness (QED) is 0.675. The van der Waals surface area contributed by atoms with Crippen molar-refractivity contribution in [2.75, 3.05) is 5.88 Å². The molecular weight excluding hydrogens is 191 g/mol. The second-order valence-electron chi connectivity index (χ2n) is 2.83. The number of fused-ring (bicyclic) bond motifs is 1. The number of alkyl halides is 1. The molecule has 0 saturated heterocycles. The van der Waals surface area contributed by atoms with Crippen LogP contribution in [0.15, 0.2) is 28.7 Å². The molecule has 1 aromatic carbocycles. The molecule has 0 saturated carbocycles. The molecule has 0 aliphatic rings. The molecule has 0 unspecified atom stereocenters. The Morgan fingerprint density at radius 2 is 2.15 bits per heavy atom. The van der Waals surface area contributed by atoms with Crippen LogP contribution in [-0.2, 0) is 6.42 Å². The second kappa shape index (κ2) is 3.38. The summed E-state index contributed by atoms with van der Waals surface area (Å²) < 4.78 is 18.2. The Kier molecular flexibility index (Phi) is 2.23. The third-order valence-corrected chi connectivity index (χ3v) is 2.06. The van der Waals surface area contributed by atoms with Crippen molar-refractivity contribution in [2.45, 2.75) is 6.42 Å². The molecule has 0 fully saturated rings. The summed E-state index contributed by atoms with van der Waals surface area (Å²) >= 11 is 5.56. The first-order valence-electron chi connectivity index (χ1n) is 4.03. The van der Waals surface area contributed by atoms with Gasteiger partial charge in [-0.3, -0.25) is 0 Å². The van der Waals surface area contributed by atoms with Crippen LogP contribution in [0.25, 0.3) is 11.0 Å². The van der Waals surface area contributed by atoms with Crippen molar-refractivity contribution in [3.05, 3.63) is 35.8 Å². The summed E-state index contributed by atoms with van der Waals surface area (Å²) in [5.74, 6) is 1.07. The van der Waals surface area contributed by atoms with Gasteiger partial charge >= 0.3 is 0 Å². The van der Waals surface area contributed by atoms with Crippen molar-refractivity contribution < 1.29 is 8.81 Å². The van der Waals surface area contributed by atoms with Gasteiger partial charge in [0.2, 0.25) is 0 Å². The highest BCUT2D eigenvalue weighted by Crippen LogP contribution is 2.20. The topological polar surface area (TPSA) is 13.1 Å². The lowest BCUT2D eigenvalue weighted by Gasteiger charge is -1.87. The molecular formula is C10H8ClFO. The van der Waals surface area contributed by atoms with Crippen LogP contribution in [0, 0.1) is 5.82 Å². The van der Waals surface area contributed by atoms with E-state index >= 15 is 0 Å². The fraction of sp³-hybridized carbons (Fsp3) is 0.200. The average molecular weight is 199 g/mol.